The highest BCUT2D eigenvalue weighted by Crippen LogP contribution is 2.44. The Balaban J connectivity index is 1.30. The number of azide groups is 1. The summed E-state index contributed by atoms with van der Waals surface area (Å²) in [6.07, 6.45) is -0.140. The lowest BCUT2D eigenvalue weighted by Gasteiger charge is -2.31. The number of ether oxygens (including phenoxy) is 4. The standard InChI is InChI=1S/C41H37N5O6/c42-46-44-26-34-10-5-4-9-33(34)24-41(40(48)43-25-28-11-20-36-37(23-28)51-27-50-36)38(31-14-12-30(13-15-31)29-7-2-1-3-8-29)52-39(45-41)32-16-18-35(19-17-32)49-22-6-21-47/h1-5,7-20,23,38,47H,6,21-22,24-27H2,(H,43,48)/t38-,41-/m1/s1. The van der Waals surface area contributed by atoms with Crippen LogP contribution in [0.1, 0.15) is 40.3 Å². The fourth-order valence-corrected chi connectivity index (χ4v) is 6.43. The van der Waals surface area contributed by atoms with Gasteiger partial charge in [-0.25, -0.2) is 4.99 Å². The summed E-state index contributed by atoms with van der Waals surface area (Å²) in [6.45, 7) is 0.908. The third-order valence-corrected chi connectivity index (χ3v) is 9.12. The molecule has 2 N–H and O–H groups in total. The van der Waals surface area contributed by atoms with E-state index in [-0.39, 0.29) is 38.8 Å². The monoisotopic (exact) mass is 695 g/mol. The minimum Gasteiger partial charge on any atom is -0.494 e. The van der Waals surface area contributed by atoms with Crippen LogP contribution in [-0.4, -0.2) is 42.5 Å². The number of aliphatic hydroxyl groups is 1. The summed E-state index contributed by atoms with van der Waals surface area (Å²) in [7, 11) is 0. The number of fused-ring (bicyclic) bond motifs is 1. The van der Waals surface area contributed by atoms with Crippen LogP contribution in [0.4, 0.5) is 0 Å². The number of benzene rings is 5. The molecule has 1 amide bonds. The molecule has 262 valence electrons. The molecule has 5 aromatic rings. The highest BCUT2D eigenvalue weighted by molar-refractivity contribution is 6.01. The van der Waals surface area contributed by atoms with Crippen molar-refractivity contribution in [3.05, 3.63) is 160 Å². The van der Waals surface area contributed by atoms with Gasteiger partial charge in [-0.1, -0.05) is 90.0 Å². The molecule has 11 heteroatoms. The van der Waals surface area contributed by atoms with Gasteiger partial charge in [-0.05, 0) is 75.3 Å². The van der Waals surface area contributed by atoms with Crippen molar-refractivity contribution >= 4 is 11.8 Å². The fraction of sp³-hybridized carbons (Fsp3) is 0.220. The van der Waals surface area contributed by atoms with Crippen molar-refractivity contribution in [3.63, 3.8) is 0 Å². The molecule has 11 nitrogen and oxygen atoms in total. The van der Waals surface area contributed by atoms with Gasteiger partial charge in [0, 0.05) is 36.5 Å². The highest BCUT2D eigenvalue weighted by Gasteiger charge is 2.53. The van der Waals surface area contributed by atoms with Gasteiger partial charge in [0.05, 0.1) is 13.2 Å². The van der Waals surface area contributed by atoms with Crippen LogP contribution in [0.2, 0.25) is 0 Å². The summed E-state index contributed by atoms with van der Waals surface area (Å²) in [5, 5.41) is 16.1. The average molecular weight is 696 g/mol. The number of aliphatic imine (C=N–C) groups is 1. The van der Waals surface area contributed by atoms with E-state index in [2.05, 4.69) is 15.3 Å². The maximum absolute atomic E-state index is 14.9. The zero-order valence-electron chi connectivity index (χ0n) is 28.4. The molecule has 0 aliphatic carbocycles. The normalized spacial score (nSPS) is 17.1. The van der Waals surface area contributed by atoms with Crippen molar-refractivity contribution in [2.24, 2.45) is 10.1 Å². The summed E-state index contributed by atoms with van der Waals surface area (Å²) in [5.41, 5.74) is 13.6. The second-order valence-corrected chi connectivity index (χ2v) is 12.5. The first-order chi connectivity index (χ1) is 25.6. The Morgan fingerprint density at radius 2 is 1.60 bits per heavy atom. The molecule has 0 aromatic heterocycles. The summed E-state index contributed by atoms with van der Waals surface area (Å²) in [4.78, 5) is 23.0. The van der Waals surface area contributed by atoms with Gasteiger partial charge in [0.2, 0.25) is 12.7 Å². The first-order valence-electron chi connectivity index (χ1n) is 17.1. The zero-order valence-corrected chi connectivity index (χ0v) is 28.4. The molecule has 0 radical (unpaired) electrons. The predicted molar refractivity (Wildman–Crippen MR) is 196 cm³/mol. The molecule has 0 saturated heterocycles. The number of nitrogens with one attached hydrogen (secondary N) is 1. The van der Waals surface area contributed by atoms with Crippen molar-refractivity contribution < 1.29 is 28.8 Å². The van der Waals surface area contributed by atoms with Crippen LogP contribution in [0.25, 0.3) is 21.6 Å². The largest absolute Gasteiger partial charge is 0.494 e. The van der Waals surface area contributed by atoms with Crippen LogP contribution in [0, 0.1) is 0 Å². The topological polar surface area (TPSA) is 147 Å². The van der Waals surface area contributed by atoms with Gasteiger partial charge in [0.25, 0.3) is 5.91 Å². The molecule has 2 heterocycles. The fourth-order valence-electron chi connectivity index (χ4n) is 6.43. The number of aliphatic hydroxyl groups excluding tert-OH is 1. The van der Waals surface area contributed by atoms with Crippen molar-refractivity contribution in [1.82, 2.24) is 5.32 Å². The summed E-state index contributed by atoms with van der Waals surface area (Å²) in [5.74, 6) is 1.90. The maximum Gasteiger partial charge on any atom is 0.252 e. The van der Waals surface area contributed by atoms with Gasteiger partial charge < -0.3 is 29.4 Å². The molecule has 2 aliphatic heterocycles. The van der Waals surface area contributed by atoms with Crippen molar-refractivity contribution in [1.29, 1.82) is 0 Å². The van der Waals surface area contributed by atoms with Gasteiger partial charge in [-0.2, -0.15) is 0 Å². The van der Waals surface area contributed by atoms with Crippen LogP contribution in [0.15, 0.2) is 131 Å². The Bertz CT molecular complexity index is 2100. The molecular weight excluding hydrogens is 658 g/mol. The Hall–Kier alpha value is -6.29. The third kappa shape index (κ3) is 7.41. The SMILES string of the molecule is [N-]=[N+]=NCc1ccccc1C[C@@]1(C(=O)NCc2ccc3c(c2)OCO3)N=C(c2ccc(OCCCO)cc2)O[C@@H]1c1ccc(-c2ccccc2)cc1. The van der Waals surface area contributed by atoms with E-state index in [1.165, 1.54) is 0 Å². The van der Waals surface area contributed by atoms with Crippen molar-refractivity contribution in [2.45, 2.75) is 37.6 Å². The quantitative estimate of drug-likeness (QED) is 0.0533. The smallest absolute Gasteiger partial charge is 0.252 e. The van der Waals surface area contributed by atoms with E-state index in [1.54, 1.807) is 0 Å². The minimum absolute atomic E-state index is 0.0429. The van der Waals surface area contributed by atoms with Crippen LogP contribution in [0.3, 0.4) is 0 Å². The summed E-state index contributed by atoms with van der Waals surface area (Å²) in [6, 6.07) is 38.6. The van der Waals surface area contributed by atoms with Crippen LogP contribution in [-0.2, 0) is 29.0 Å². The number of carbonyl (C=O) groups is 1. The predicted octanol–water partition coefficient (Wildman–Crippen LogP) is 7.47. The summed E-state index contributed by atoms with van der Waals surface area (Å²) < 4.78 is 23.6. The number of amides is 1. The Kier molecular flexibility index (Phi) is 10.3. The van der Waals surface area contributed by atoms with Gasteiger partial charge in [0.1, 0.15) is 5.75 Å². The van der Waals surface area contributed by atoms with E-state index < -0.39 is 11.6 Å². The van der Waals surface area contributed by atoms with Crippen molar-refractivity contribution in [2.75, 3.05) is 20.0 Å². The first-order valence-corrected chi connectivity index (χ1v) is 17.1. The maximum atomic E-state index is 14.9. The molecule has 52 heavy (non-hydrogen) atoms. The van der Waals surface area contributed by atoms with E-state index in [4.69, 9.17) is 34.6 Å². The van der Waals surface area contributed by atoms with Gasteiger partial charge in [0.15, 0.2) is 23.1 Å². The molecule has 0 saturated carbocycles. The average Bonchev–Trinajstić information content (AvgIpc) is 3.83. The molecule has 0 bridgehead atoms. The van der Waals surface area contributed by atoms with E-state index in [1.807, 2.05) is 121 Å². The lowest BCUT2D eigenvalue weighted by Crippen LogP contribution is -2.49. The molecule has 0 unspecified atom stereocenters. The molecule has 5 aromatic carbocycles. The molecule has 2 atom stereocenters. The zero-order chi connectivity index (χ0) is 35.8. The highest BCUT2D eigenvalue weighted by atomic mass is 16.7. The number of carbonyl (C=O) groups excluding carboxylic acids is 1. The number of rotatable bonds is 14. The molecule has 2 aliphatic rings. The van der Waals surface area contributed by atoms with Crippen molar-refractivity contribution in [3.8, 4) is 28.4 Å². The first kappa shape index (κ1) is 34.2. The minimum atomic E-state index is -1.47. The number of hydrogen-bond acceptors (Lipinski definition) is 8. The van der Waals surface area contributed by atoms with Crippen LogP contribution < -0.4 is 19.5 Å². The third-order valence-electron chi connectivity index (χ3n) is 9.12. The molecule has 0 spiro atoms. The lowest BCUT2D eigenvalue weighted by atomic mass is 9.80. The number of nitrogens with zero attached hydrogens (tertiary/aromatic N) is 4. The van der Waals surface area contributed by atoms with Gasteiger partial charge in [-0.3, -0.25) is 4.79 Å². The van der Waals surface area contributed by atoms with E-state index in [0.29, 0.717) is 41.7 Å². The molecule has 7 rings (SSSR count). The Morgan fingerprint density at radius 1 is 0.885 bits per heavy atom. The van der Waals surface area contributed by atoms with Gasteiger partial charge >= 0.3 is 0 Å². The van der Waals surface area contributed by atoms with Crippen LogP contribution in [0.5, 0.6) is 17.2 Å². The Labute approximate surface area is 301 Å². The molecular formula is C41H37N5O6. The van der Waals surface area contributed by atoms with E-state index >= 15 is 0 Å². The van der Waals surface area contributed by atoms with Gasteiger partial charge in [-0.15, -0.1) is 0 Å². The lowest BCUT2D eigenvalue weighted by molar-refractivity contribution is -0.129. The van der Waals surface area contributed by atoms with E-state index in [0.717, 1.165) is 33.4 Å². The summed E-state index contributed by atoms with van der Waals surface area (Å²) >= 11 is 0. The second kappa shape index (κ2) is 15.7. The second-order valence-electron chi connectivity index (χ2n) is 12.5. The Morgan fingerprint density at radius 3 is 2.37 bits per heavy atom. The van der Waals surface area contributed by atoms with Crippen LogP contribution >= 0.6 is 0 Å². The molecule has 0 fully saturated rings. The number of hydrogen-bond donors (Lipinski definition) is 2. The van der Waals surface area contributed by atoms with E-state index in [9.17, 15) is 4.79 Å².